The lowest BCUT2D eigenvalue weighted by molar-refractivity contribution is -0.137. The van der Waals surface area contributed by atoms with Crippen LogP contribution < -0.4 is 14.9 Å². The molecule has 1 saturated heterocycles. The van der Waals surface area contributed by atoms with Gasteiger partial charge in [0.15, 0.2) is 6.10 Å². The van der Waals surface area contributed by atoms with Crippen LogP contribution in [0, 0.1) is 11.3 Å². The van der Waals surface area contributed by atoms with E-state index in [1.807, 2.05) is 20.0 Å². The van der Waals surface area contributed by atoms with Gasteiger partial charge < -0.3 is 15.0 Å². The van der Waals surface area contributed by atoms with Crippen molar-refractivity contribution in [3.05, 3.63) is 30.1 Å². The molecule has 0 aliphatic carbocycles. The molecule has 0 saturated carbocycles. The normalized spacial score (nSPS) is 19.7. The number of anilines is 1. The minimum Gasteiger partial charge on any atom is -0.364 e. The van der Waals surface area contributed by atoms with Gasteiger partial charge in [0, 0.05) is 31.2 Å². The van der Waals surface area contributed by atoms with Crippen LogP contribution >= 0.6 is 11.9 Å². The number of amides is 1. The fourth-order valence-corrected chi connectivity index (χ4v) is 3.53. The standard InChI is InChI=1S/C18H22N6O2S/c1-12-10-24(11-15(26-12)18(25)23-7-8-27-20-2)14-4-3-13(9-19)16-17(14)22-6-5-21-16/h3-6,12,15,20H,7-8,10-11H2,1-2H3,(H,23,25). The van der Waals surface area contributed by atoms with Crippen LogP contribution in [0.2, 0.25) is 0 Å². The number of hydrogen-bond acceptors (Lipinski definition) is 8. The Morgan fingerprint density at radius 2 is 2.15 bits per heavy atom. The molecule has 2 unspecified atom stereocenters. The molecule has 2 atom stereocenters. The third-order valence-corrected chi connectivity index (χ3v) is 4.96. The zero-order chi connectivity index (χ0) is 19.2. The van der Waals surface area contributed by atoms with Gasteiger partial charge in [0.2, 0.25) is 0 Å². The Hall–Kier alpha value is -2.41. The molecule has 0 bridgehead atoms. The van der Waals surface area contributed by atoms with Crippen LogP contribution in [0.5, 0.6) is 0 Å². The van der Waals surface area contributed by atoms with Crippen LogP contribution in [0.15, 0.2) is 24.5 Å². The molecular weight excluding hydrogens is 364 g/mol. The lowest BCUT2D eigenvalue weighted by atomic mass is 10.1. The lowest BCUT2D eigenvalue weighted by Gasteiger charge is -2.37. The van der Waals surface area contributed by atoms with Crippen molar-refractivity contribution in [1.29, 1.82) is 5.26 Å². The number of ether oxygens (including phenoxy) is 1. The molecule has 1 fully saturated rings. The monoisotopic (exact) mass is 386 g/mol. The topological polar surface area (TPSA) is 103 Å². The highest BCUT2D eigenvalue weighted by atomic mass is 32.2. The largest absolute Gasteiger partial charge is 0.364 e. The zero-order valence-corrected chi connectivity index (χ0v) is 16.1. The van der Waals surface area contributed by atoms with E-state index in [0.29, 0.717) is 36.2 Å². The number of carbonyl (C=O) groups excluding carboxylic acids is 1. The van der Waals surface area contributed by atoms with Crippen LogP contribution in [-0.4, -0.2) is 60.5 Å². The van der Waals surface area contributed by atoms with Gasteiger partial charge >= 0.3 is 0 Å². The number of rotatable bonds is 6. The summed E-state index contributed by atoms with van der Waals surface area (Å²) in [4.78, 5) is 23.3. The van der Waals surface area contributed by atoms with Crippen molar-refractivity contribution in [1.82, 2.24) is 20.0 Å². The fraction of sp³-hybridized carbons (Fsp3) is 0.444. The van der Waals surface area contributed by atoms with Crippen LogP contribution in [0.4, 0.5) is 5.69 Å². The minimum absolute atomic E-state index is 0.108. The number of nitrogens with zero attached hydrogens (tertiary/aromatic N) is 4. The van der Waals surface area contributed by atoms with E-state index < -0.39 is 6.10 Å². The van der Waals surface area contributed by atoms with Gasteiger partial charge in [0.05, 0.1) is 23.9 Å². The molecule has 3 rings (SSSR count). The Morgan fingerprint density at radius 3 is 2.89 bits per heavy atom. The molecule has 2 aromatic rings. The highest BCUT2D eigenvalue weighted by Gasteiger charge is 2.31. The fourth-order valence-electron chi connectivity index (χ4n) is 3.12. The summed E-state index contributed by atoms with van der Waals surface area (Å²) >= 11 is 1.54. The smallest absolute Gasteiger partial charge is 0.251 e. The molecular formula is C18H22N6O2S. The van der Waals surface area contributed by atoms with Crippen molar-refractivity contribution >= 4 is 34.6 Å². The van der Waals surface area contributed by atoms with Crippen molar-refractivity contribution < 1.29 is 9.53 Å². The molecule has 2 heterocycles. The van der Waals surface area contributed by atoms with Crippen LogP contribution in [0.1, 0.15) is 12.5 Å². The van der Waals surface area contributed by atoms with E-state index in [9.17, 15) is 10.1 Å². The molecule has 0 radical (unpaired) electrons. The Bertz CT molecular complexity index is 855. The quantitative estimate of drug-likeness (QED) is 0.562. The van der Waals surface area contributed by atoms with E-state index in [1.165, 1.54) is 0 Å². The zero-order valence-electron chi connectivity index (χ0n) is 15.3. The van der Waals surface area contributed by atoms with Gasteiger partial charge in [-0.25, -0.2) is 0 Å². The van der Waals surface area contributed by atoms with Gasteiger partial charge in [-0.1, -0.05) is 11.9 Å². The lowest BCUT2D eigenvalue weighted by Crippen LogP contribution is -2.53. The predicted octanol–water partition coefficient (Wildman–Crippen LogP) is 1.08. The second kappa shape index (κ2) is 8.99. The molecule has 142 valence electrons. The van der Waals surface area contributed by atoms with Crippen LogP contribution in [-0.2, 0) is 9.53 Å². The summed E-state index contributed by atoms with van der Waals surface area (Å²) in [7, 11) is 1.85. The number of carbonyl (C=O) groups is 1. The molecule has 27 heavy (non-hydrogen) atoms. The van der Waals surface area contributed by atoms with E-state index in [4.69, 9.17) is 4.74 Å². The molecule has 1 aliphatic heterocycles. The maximum absolute atomic E-state index is 12.5. The number of nitrogens with one attached hydrogen (secondary N) is 2. The molecule has 1 amide bonds. The summed E-state index contributed by atoms with van der Waals surface area (Å²) in [5.74, 6) is 0.664. The number of fused-ring (bicyclic) bond motifs is 1. The van der Waals surface area contributed by atoms with E-state index in [0.717, 1.165) is 11.4 Å². The Balaban J connectivity index is 1.80. The molecule has 2 N–H and O–H groups in total. The number of hydrogen-bond donors (Lipinski definition) is 2. The maximum atomic E-state index is 12.5. The van der Waals surface area contributed by atoms with E-state index in [1.54, 1.807) is 30.4 Å². The first-order chi connectivity index (χ1) is 13.1. The van der Waals surface area contributed by atoms with E-state index >= 15 is 0 Å². The number of morpholine rings is 1. The second-order valence-electron chi connectivity index (χ2n) is 6.18. The number of aromatic nitrogens is 2. The SMILES string of the molecule is CNSCCNC(=O)C1CN(c2ccc(C#N)c3nccnc23)CC(C)O1. The first kappa shape index (κ1) is 19.4. The third-order valence-electron chi connectivity index (χ3n) is 4.27. The van der Waals surface area contributed by atoms with Crippen molar-refractivity contribution in [2.45, 2.75) is 19.1 Å². The van der Waals surface area contributed by atoms with E-state index in [-0.39, 0.29) is 12.0 Å². The summed E-state index contributed by atoms with van der Waals surface area (Å²) in [5, 5.41) is 12.2. The van der Waals surface area contributed by atoms with Crippen LogP contribution in [0.25, 0.3) is 11.0 Å². The first-order valence-corrected chi connectivity index (χ1v) is 9.73. The minimum atomic E-state index is -0.560. The van der Waals surface area contributed by atoms with Crippen molar-refractivity contribution in [2.75, 3.05) is 37.3 Å². The summed E-state index contributed by atoms with van der Waals surface area (Å²) in [6.45, 7) is 3.58. The van der Waals surface area contributed by atoms with Crippen LogP contribution in [0.3, 0.4) is 0 Å². The molecule has 9 heteroatoms. The highest BCUT2D eigenvalue weighted by molar-refractivity contribution is 7.97. The Morgan fingerprint density at radius 1 is 1.37 bits per heavy atom. The molecule has 0 spiro atoms. The molecule has 1 aliphatic rings. The van der Waals surface area contributed by atoms with Crippen molar-refractivity contribution in [2.24, 2.45) is 0 Å². The average molecular weight is 386 g/mol. The van der Waals surface area contributed by atoms with Gasteiger partial charge in [0.1, 0.15) is 17.1 Å². The average Bonchev–Trinajstić information content (AvgIpc) is 2.69. The molecule has 1 aromatic heterocycles. The van der Waals surface area contributed by atoms with Gasteiger partial charge in [-0.3, -0.25) is 19.5 Å². The van der Waals surface area contributed by atoms with Gasteiger partial charge in [-0.2, -0.15) is 5.26 Å². The van der Waals surface area contributed by atoms with Gasteiger partial charge in [0.25, 0.3) is 5.91 Å². The predicted molar refractivity (Wildman–Crippen MR) is 105 cm³/mol. The Labute approximate surface area is 162 Å². The van der Waals surface area contributed by atoms with Crippen molar-refractivity contribution in [3.8, 4) is 6.07 Å². The van der Waals surface area contributed by atoms with Gasteiger partial charge in [-0.05, 0) is 26.1 Å². The summed E-state index contributed by atoms with van der Waals surface area (Å²) in [5.41, 5.74) is 2.58. The first-order valence-electron chi connectivity index (χ1n) is 8.74. The summed E-state index contributed by atoms with van der Waals surface area (Å²) in [6, 6.07) is 5.77. The summed E-state index contributed by atoms with van der Waals surface area (Å²) in [6.07, 6.45) is 2.52. The number of benzene rings is 1. The molecule has 1 aromatic carbocycles. The second-order valence-corrected chi connectivity index (χ2v) is 7.29. The van der Waals surface area contributed by atoms with E-state index in [2.05, 4.69) is 31.0 Å². The Kier molecular flexibility index (Phi) is 6.45. The summed E-state index contributed by atoms with van der Waals surface area (Å²) < 4.78 is 8.82. The number of nitriles is 1. The van der Waals surface area contributed by atoms with Gasteiger partial charge in [-0.15, -0.1) is 0 Å². The molecule has 8 nitrogen and oxygen atoms in total. The van der Waals surface area contributed by atoms with Crippen molar-refractivity contribution in [3.63, 3.8) is 0 Å². The highest BCUT2D eigenvalue weighted by Crippen LogP contribution is 2.28. The maximum Gasteiger partial charge on any atom is 0.251 e. The third kappa shape index (κ3) is 4.47.